The monoisotopic (exact) mass is 409 g/mol. The van der Waals surface area contributed by atoms with Gasteiger partial charge in [0.2, 0.25) is 11.7 Å². The van der Waals surface area contributed by atoms with Gasteiger partial charge in [-0.2, -0.15) is 4.98 Å². The molecule has 0 saturated heterocycles. The van der Waals surface area contributed by atoms with Gasteiger partial charge in [-0.15, -0.1) is 0 Å². The zero-order chi connectivity index (χ0) is 21.5. The van der Waals surface area contributed by atoms with Crippen LogP contribution in [0.15, 0.2) is 47.0 Å². The van der Waals surface area contributed by atoms with E-state index in [1.807, 2.05) is 31.2 Å². The van der Waals surface area contributed by atoms with Crippen LogP contribution < -0.4 is 5.32 Å². The number of hydrogen-bond acceptors (Lipinski definition) is 8. The first kappa shape index (κ1) is 21.0. The first-order valence-corrected chi connectivity index (χ1v) is 9.63. The SMILES string of the molecule is CCOC(=O)c1cc(NCc2nc(-c3cccc(C)c3)no2)cc(C(=O)OCC)c1. The zero-order valence-electron chi connectivity index (χ0n) is 17.1. The van der Waals surface area contributed by atoms with Gasteiger partial charge in [0, 0.05) is 11.3 Å². The molecule has 3 rings (SSSR count). The van der Waals surface area contributed by atoms with E-state index in [4.69, 9.17) is 14.0 Å². The highest BCUT2D eigenvalue weighted by molar-refractivity contribution is 5.97. The van der Waals surface area contributed by atoms with Crippen molar-refractivity contribution in [1.29, 1.82) is 0 Å². The number of carbonyl (C=O) groups excluding carboxylic acids is 2. The third kappa shape index (κ3) is 5.22. The predicted molar refractivity (Wildman–Crippen MR) is 110 cm³/mol. The summed E-state index contributed by atoms with van der Waals surface area (Å²) in [6, 6.07) is 12.4. The molecular weight excluding hydrogens is 386 g/mol. The number of aryl methyl sites for hydroxylation is 1. The molecule has 1 heterocycles. The Morgan fingerprint density at radius 2 is 1.67 bits per heavy atom. The smallest absolute Gasteiger partial charge is 0.338 e. The lowest BCUT2D eigenvalue weighted by molar-refractivity contribution is 0.0525. The average molecular weight is 409 g/mol. The summed E-state index contributed by atoms with van der Waals surface area (Å²) in [6.07, 6.45) is 0. The summed E-state index contributed by atoms with van der Waals surface area (Å²) in [5.41, 5.74) is 2.98. The van der Waals surface area contributed by atoms with Gasteiger partial charge in [0.05, 0.1) is 30.9 Å². The molecule has 0 unspecified atom stereocenters. The number of anilines is 1. The second-order valence-electron chi connectivity index (χ2n) is 6.47. The molecule has 0 aliphatic rings. The number of rotatable bonds is 8. The minimum Gasteiger partial charge on any atom is -0.462 e. The molecule has 8 heteroatoms. The second kappa shape index (κ2) is 9.69. The van der Waals surface area contributed by atoms with E-state index in [2.05, 4.69) is 15.5 Å². The molecule has 0 atom stereocenters. The van der Waals surface area contributed by atoms with Gasteiger partial charge in [-0.3, -0.25) is 0 Å². The van der Waals surface area contributed by atoms with Crippen molar-refractivity contribution < 1.29 is 23.6 Å². The van der Waals surface area contributed by atoms with Crippen LogP contribution in [0.2, 0.25) is 0 Å². The van der Waals surface area contributed by atoms with Gasteiger partial charge >= 0.3 is 11.9 Å². The van der Waals surface area contributed by atoms with Crippen LogP contribution in [0.4, 0.5) is 5.69 Å². The summed E-state index contributed by atoms with van der Waals surface area (Å²) >= 11 is 0. The van der Waals surface area contributed by atoms with E-state index in [-0.39, 0.29) is 30.9 Å². The molecule has 30 heavy (non-hydrogen) atoms. The number of hydrogen-bond donors (Lipinski definition) is 1. The summed E-state index contributed by atoms with van der Waals surface area (Å²) < 4.78 is 15.4. The third-order valence-electron chi connectivity index (χ3n) is 4.14. The van der Waals surface area contributed by atoms with Gasteiger partial charge in [0.25, 0.3) is 0 Å². The number of ether oxygens (including phenoxy) is 2. The fraction of sp³-hybridized carbons (Fsp3) is 0.273. The maximum atomic E-state index is 12.1. The molecule has 0 fully saturated rings. The van der Waals surface area contributed by atoms with Crippen LogP contribution in [-0.4, -0.2) is 35.3 Å². The highest BCUT2D eigenvalue weighted by Gasteiger charge is 2.15. The van der Waals surface area contributed by atoms with Gasteiger partial charge in [0.15, 0.2) is 0 Å². The summed E-state index contributed by atoms with van der Waals surface area (Å²) in [5, 5.41) is 7.11. The second-order valence-corrected chi connectivity index (χ2v) is 6.47. The van der Waals surface area contributed by atoms with Gasteiger partial charge < -0.3 is 19.3 Å². The molecule has 8 nitrogen and oxygen atoms in total. The van der Waals surface area contributed by atoms with Crippen molar-refractivity contribution in [2.24, 2.45) is 0 Å². The lowest BCUT2D eigenvalue weighted by Gasteiger charge is -2.10. The Kier molecular flexibility index (Phi) is 6.79. The molecule has 0 radical (unpaired) electrons. The Balaban J connectivity index is 1.78. The van der Waals surface area contributed by atoms with Crippen LogP contribution in [0.3, 0.4) is 0 Å². The summed E-state index contributed by atoms with van der Waals surface area (Å²) in [4.78, 5) is 28.7. The first-order chi connectivity index (χ1) is 14.5. The molecule has 0 aliphatic heterocycles. The largest absolute Gasteiger partial charge is 0.462 e. The Hall–Kier alpha value is -3.68. The maximum absolute atomic E-state index is 12.1. The lowest BCUT2D eigenvalue weighted by Crippen LogP contribution is -2.11. The molecule has 1 N–H and O–H groups in total. The van der Waals surface area contributed by atoms with Gasteiger partial charge in [0.1, 0.15) is 0 Å². The molecule has 0 spiro atoms. The molecule has 0 aliphatic carbocycles. The number of nitrogens with one attached hydrogen (secondary N) is 1. The van der Waals surface area contributed by atoms with Crippen LogP contribution in [0.1, 0.15) is 46.0 Å². The molecule has 3 aromatic rings. The number of nitrogens with zero attached hydrogens (tertiary/aromatic N) is 2. The van der Waals surface area contributed by atoms with Crippen LogP contribution in [0, 0.1) is 6.92 Å². The van der Waals surface area contributed by atoms with Gasteiger partial charge in [-0.05, 0) is 45.0 Å². The van der Waals surface area contributed by atoms with Crippen LogP contribution >= 0.6 is 0 Å². The molecule has 0 amide bonds. The van der Waals surface area contributed by atoms with Crippen molar-refractivity contribution in [3.8, 4) is 11.4 Å². The lowest BCUT2D eigenvalue weighted by atomic mass is 10.1. The van der Waals surface area contributed by atoms with Crippen molar-refractivity contribution in [3.05, 3.63) is 65.0 Å². The quantitative estimate of drug-likeness (QED) is 0.557. The summed E-state index contributed by atoms with van der Waals surface area (Å²) in [7, 11) is 0. The van der Waals surface area contributed by atoms with E-state index in [1.54, 1.807) is 26.0 Å². The molecule has 156 valence electrons. The summed E-state index contributed by atoms with van der Waals surface area (Å²) in [5.74, 6) is -0.189. The molecular formula is C22H23N3O5. The minimum absolute atomic E-state index is 0.216. The minimum atomic E-state index is -0.522. The topological polar surface area (TPSA) is 104 Å². The van der Waals surface area contributed by atoms with Crippen molar-refractivity contribution in [1.82, 2.24) is 10.1 Å². The van der Waals surface area contributed by atoms with E-state index < -0.39 is 11.9 Å². The van der Waals surface area contributed by atoms with Crippen LogP contribution in [0.5, 0.6) is 0 Å². The van der Waals surface area contributed by atoms with Gasteiger partial charge in [-0.1, -0.05) is 28.9 Å². The van der Waals surface area contributed by atoms with Crippen molar-refractivity contribution in [2.75, 3.05) is 18.5 Å². The Labute approximate surface area is 174 Å². The number of esters is 2. The van der Waals surface area contributed by atoms with E-state index in [0.29, 0.717) is 17.4 Å². The fourth-order valence-electron chi connectivity index (χ4n) is 2.80. The number of carbonyl (C=O) groups is 2. The number of aromatic nitrogens is 2. The standard InChI is InChI=1S/C22H23N3O5/c1-4-28-21(26)16-10-17(22(27)29-5-2)12-18(11-16)23-13-19-24-20(25-30-19)15-8-6-7-14(3)9-15/h6-12,23H,4-5,13H2,1-3H3. The molecule has 1 aromatic heterocycles. The van der Waals surface area contributed by atoms with E-state index in [1.165, 1.54) is 6.07 Å². The zero-order valence-corrected chi connectivity index (χ0v) is 17.1. The van der Waals surface area contributed by atoms with Crippen molar-refractivity contribution in [2.45, 2.75) is 27.3 Å². The highest BCUT2D eigenvalue weighted by atomic mass is 16.5. The van der Waals surface area contributed by atoms with E-state index in [9.17, 15) is 9.59 Å². The highest BCUT2D eigenvalue weighted by Crippen LogP contribution is 2.20. The normalized spacial score (nSPS) is 10.5. The third-order valence-corrected chi connectivity index (χ3v) is 4.14. The Morgan fingerprint density at radius 3 is 2.27 bits per heavy atom. The van der Waals surface area contributed by atoms with Gasteiger partial charge in [-0.25, -0.2) is 9.59 Å². The van der Waals surface area contributed by atoms with E-state index >= 15 is 0 Å². The van der Waals surface area contributed by atoms with Crippen LogP contribution in [0.25, 0.3) is 11.4 Å². The van der Waals surface area contributed by atoms with Crippen molar-refractivity contribution in [3.63, 3.8) is 0 Å². The number of benzene rings is 2. The van der Waals surface area contributed by atoms with Crippen molar-refractivity contribution >= 4 is 17.6 Å². The fourth-order valence-corrected chi connectivity index (χ4v) is 2.80. The predicted octanol–water partition coefficient (Wildman–Crippen LogP) is 4.01. The average Bonchev–Trinajstić information content (AvgIpc) is 3.21. The summed E-state index contributed by atoms with van der Waals surface area (Å²) in [6.45, 7) is 6.10. The molecule has 0 saturated carbocycles. The van der Waals surface area contributed by atoms with E-state index in [0.717, 1.165) is 11.1 Å². The van der Waals surface area contributed by atoms with Crippen LogP contribution in [-0.2, 0) is 16.0 Å². The maximum Gasteiger partial charge on any atom is 0.338 e. The molecule has 0 bridgehead atoms. The first-order valence-electron chi connectivity index (χ1n) is 9.63. The molecule has 2 aromatic carbocycles. The Morgan fingerprint density at radius 1 is 1.00 bits per heavy atom. The Bertz CT molecular complexity index is 1010.